The Morgan fingerprint density at radius 3 is 3.19 bits per heavy atom. The van der Waals surface area contributed by atoms with Crippen LogP contribution in [-0.4, -0.2) is 60.3 Å². The number of hydrogen-bond acceptors (Lipinski definition) is 4. The van der Waals surface area contributed by atoms with Crippen LogP contribution in [0.3, 0.4) is 0 Å². The molecule has 2 aliphatic heterocycles. The summed E-state index contributed by atoms with van der Waals surface area (Å²) >= 11 is 0. The lowest BCUT2D eigenvalue weighted by molar-refractivity contribution is -0.139. The van der Waals surface area contributed by atoms with E-state index in [9.17, 15) is 9.59 Å². The first kappa shape index (κ1) is 14.1. The zero-order valence-electron chi connectivity index (χ0n) is 12.1. The van der Waals surface area contributed by atoms with E-state index in [-0.39, 0.29) is 24.2 Å². The molecule has 0 aromatic carbocycles. The van der Waals surface area contributed by atoms with Crippen molar-refractivity contribution in [3.8, 4) is 0 Å². The van der Waals surface area contributed by atoms with Crippen LogP contribution in [0.1, 0.15) is 12.1 Å². The van der Waals surface area contributed by atoms with Gasteiger partial charge in [-0.05, 0) is 12.5 Å². The smallest absolute Gasteiger partial charge is 0.228 e. The number of ether oxygens (including phenoxy) is 1. The van der Waals surface area contributed by atoms with E-state index in [4.69, 9.17) is 4.74 Å². The zero-order valence-corrected chi connectivity index (χ0v) is 12.1. The second-order valence-corrected chi connectivity index (χ2v) is 5.79. The molecule has 3 rings (SSSR count). The van der Waals surface area contributed by atoms with Crippen molar-refractivity contribution < 1.29 is 14.3 Å². The number of H-pyrrole nitrogens is 1. The van der Waals surface area contributed by atoms with Crippen molar-refractivity contribution in [3.05, 3.63) is 18.0 Å². The molecule has 1 aromatic heterocycles. The van der Waals surface area contributed by atoms with Crippen molar-refractivity contribution >= 4 is 11.8 Å². The summed E-state index contributed by atoms with van der Waals surface area (Å²) in [7, 11) is 1.65. The van der Waals surface area contributed by atoms with Gasteiger partial charge in [-0.1, -0.05) is 0 Å². The number of carbonyl (C=O) groups excluding carboxylic acids is 2. The molecule has 2 fully saturated rings. The Kier molecular flexibility index (Phi) is 3.67. The molecule has 21 heavy (non-hydrogen) atoms. The zero-order chi connectivity index (χ0) is 14.9. The molecule has 2 saturated heterocycles. The summed E-state index contributed by atoms with van der Waals surface area (Å²) < 4.78 is 5.50. The maximum Gasteiger partial charge on any atom is 0.228 e. The molecular weight excluding hydrogens is 272 g/mol. The van der Waals surface area contributed by atoms with Crippen molar-refractivity contribution in [1.29, 1.82) is 0 Å². The number of aromatic nitrogens is 2. The number of aromatic amines is 1. The average Bonchev–Trinajstić information content (AvgIpc) is 3.13. The Balaban J connectivity index is 1.74. The van der Waals surface area contributed by atoms with Gasteiger partial charge in [-0.15, -0.1) is 0 Å². The quantitative estimate of drug-likeness (QED) is 0.791. The molecule has 0 bridgehead atoms. The average molecular weight is 292 g/mol. The van der Waals surface area contributed by atoms with Crippen molar-refractivity contribution in [1.82, 2.24) is 20.4 Å². The summed E-state index contributed by atoms with van der Waals surface area (Å²) in [6, 6.07) is 1.79. The highest BCUT2D eigenvalue weighted by atomic mass is 16.5. The van der Waals surface area contributed by atoms with Crippen LogP contribution in [0.5, 0.6) is 0 Å². The van der Waals surface area contributed by atoms with Gasteiger partial charge in [0.1, 0.15) is 0 Å². The fourth-order valence-corrected chi connectivity index (χ4v) is 3.42. The molecular formula is C14H20N4O3. The van der Waals surface area contributed by atoms with Crippen LogP contribution in [0.2, 0.25) is 0 Å². The summed E-state index contributed by atoms with van der Waals surface area (Å²) in [6.07, 6.45) is 2.59. The Hall–Kier alpha value is -1.89. The molecule has 2 atom stereocenters. The van der Waals surface area contributed by atoms with Crippen molar-refractivity contribution in [3.63, 3.8) is 0 Å². The van der Waals surface area contributed by atoms with Gasteiger partial charge in [0, 0.05) is 44.6 Å². The first-order valence-corrected chi connectivity index (χ1v) is 7.21. The highest BCUT2D eigenvalue weighted by Gasteiger charge is 2.54. The van der Waals surface area contributed by atoms with Gasteiger partial charge < -0.3 is 15.0 Å². The molecule has 1 aromatic rings. The predicted molar refractivity (Wildman–Crippen MR) is 74.3 cm³/mol. The summed E-state index contributed by atoms with van der Waals surface area (Å²) in [5, 5.41) is 9.40. The third kappa shape index (κ3) is 2.42. The summed E-state index contributed by atoms with van der Waals surface area (Å²) in [5.74, 6) is 0.126. The molecule has 2 aliphatic rings. The first-order chi connectivity index (χ1) is 10.2. The minimum Gasteiger partial charge on any atom is -0.381 e. The number of rotatable bonds is 3. The first-order valence-electron chi connectivity index (χ1n) is 7.21. The van der Waals surface area contributed by atoms with Crippen LogP contribution in [0, 0.1) is 11.3 Å². The van der Waals surface area contributed by atoms with Crippen LogP contribution in [0.15, 0.2) is 12.3 Å². The third-order valence-corrected chi connectivity index (χ3v) is 4.64. The summed E-state index contributed by atoms with van der Waals surface area (Å²) in [6.45, 7) is 2.18. The molecule has 7 heteroatoms. The van der Waals surface area contributed by atoms with Crippen molar-refractivity contribution in [2.75, 3.05) is 33.4 Å². The standard InChI is InChI=1S/C14H20N4O3/c1-15-13(20)14-3-5-21-8-10(14)7-18(9-14)12(19)6-11-2-4-16-17-11/h2,4,10H,3,5-9H2,1H3,(H,15,20)(H,16,17)/t10-,14+/m1/s1. The third-order valence-electron chi connectivity index (χ3n) is 4.64. The fourth-order valence-electron chi connectivity index (χ4n) is 3.42. The van der Waals surface area contributed by atoms with Gasteiger partial charge in [0.25, 0.3) is 0 Å². The molecule has 0 unspecified atom stereocenters. The van der Waals surface area contributed by atoms with Crippen LogP contribution < -0.4 is 5.32 Å². The van der Waals surface area contributed by atoms with E-state index in [0.29, 0.717) is 32.7 Å². The van der Waals surface area contributed by atoms with Crippen LogP contribution in [-0.2, 0) is 20.7 Å². The number of nitrogens with zero attached hydrogens (tertiary/aromatic N) is 2. The van der Waals surface area contributed by atoms with Crippen LogP contribution in [0.25, 0.3) is 0 Å². The van der Waals surface area contributed by atoms with E-state index in [2.05, 4.69) is 15.5 Å². The second-order valence-electron chi connectivity index (χ2n) is 5.79. The maximum atomic E-state index is 12.4. The molecule has 7 nitrogen and oxygen atoms in total. The monoisotopic (exact) mass is 292 g/mol. The van der Waals surface area contributed by atoms with Crippen molar-refractivity contribution in [2.45, 2.75) is 12.8 Å². The van der Waals surface area contributed by atoms with Gasteiger partial charge in [0.15, 0.2) is 0 Å². The van der Waals surface area contributed by atoms with E-state index in [1.165, 1.54) is 0 Å². The summed E-state index contributed by atoms with van der Waals surface area (Å²) in [5.41, 5.74) is 0.302. The molecule has 2 N–H and O–H groups in total. The number of likely N-dealkylation sites (tertiary alicyclic amines) is 1. The largest absolute Gasteiger partial charge is 0.381 e. The molecule has 3 heterocycles. The molecule has 2 amide bonds. The topological polar surface area (TPSA) is 87.3 Å². The van der Waals surface area contributed by atoms with E-state index in [1.54, 1.807) is 24.2 Å². The summed E-state index contributed by atoms with van der Waals surface area (Å²) in [4.78, 5) is 26.5. The highest BCUT2D eigenvalue weighted by molar-refractivity contribution is 5.86. The fraction of sp³-hybridized carbons (Fsp3) is 0.643. The Bertz CT molecular complexity index is 530. The number of nitrogens with one attached hydrogen (secondary N) is 2. The van der Waals surface area contributed by atoms with E-state index in [0.717, 1.165) is 5.69 Å². The molecule has 0 aliphatic carbocycles. The van der Waals surface area contributed by atoms with Gasteiger partial charge in [-0.2, -0.15) is 5.10 Å². The number of fused-ring (bicyclic) bond motifs is 1. The number of hydrogen-bond donors (Lipinski definition) is 2. The SMILES string of the molecule is CNC(=O)[C@]12CCOC[C@H]1CN(C(=O)Cc1ccn[nH]1)C2. The maximum absolute atomic E-state index is 12.4. The minimum absolute atomic E-state index is 0.0210. The normalized spacial score (nSPS) is 28.2. The van der Waals surface area contributed by atoms with Gasteiger partial charge in [-0.25, -0.2) is 0 Å². The van der Waals surface area contributed by atoms with E-state index >= 15 is 0 Å². The molecule has 114 valence electrons. The van der Waals surface area contributed by atoms with Crippen molar-refractivity contribution in [2.24, 2.45) is 11.3 Å². The van der Waals surface area contributed by atoms with E-state index in [1.807, 2.05) is 0 Å². The number of amides is 2. The Morgan fingerprint density at radius 1 is 1.62 bits per heavy atom. The lowest BCUT2D eigenvalue weighted by atomic mass is 9.73. The van der Waals surface area contributed by atoms with Crippen LogP contribution >= 0.6 is 0 Å². The molecule has 0 saturated carbocycles. The highest BCUT2D eigenvalue weighted by Crippen LogP contribution is 2.42. The van der Waals surface area contributed by atoms with Gasteiger partial charge in [0.2, 0.25) is 11.8 Å². The lowest BCUT2D eigenvalue weighted by Gasteiger charge is -2.36. The minimum atomic E-state index is -0.489. The Labute approximate surface area is 123 Å². The lowest BCUT2D eigenvalue weighted by Crippen LogP contribution is -2.49. The predicted octanol–water partition coefficient (Wildman–Crippen LogP) is -0.437. The van der Waals surface area contributed by atoms with Gasteiger partial charge >= 0.3 is 0 Å². The Morgan fingerprint density at radius 2 is 2.48 bits per heavy atom. The van der Waals surface area contributed by atoms with E-state index < -0.39 is 5.41 Å². The van der Waals surface area contributed by atoms with Gasteiger partial charge in [0.05, 0.1) is 18.4 Å². The van der Waals surface area contributed by atoms with Gasteiger partial charge in [-0.3, -0.25) is 14.7 Å². The molecule has 0 radical (unpaired) electrons. The number of carbonyl (C=O) groups is 2. The second kappa shape index (κ2) is 5.48. The molecule has 0 spiro atoms. The van der Waals surface area contributed by atoms with Crippen LogP contribution in [0.4, 0.5) is 0 Å².